The Morgan fingerprint density at radius 1 is 1.80 bits per heavy atom. The van der Waals surface area contributed by atoms with Crippen molar-refractivity contribution in [2.75, 3.05) is 0 Å². The van der Waals surface area contributed by atoms with Crippen LogP contribution in [0.25, 0.3) is 0 Å². The Hall–Kier alpha value is 0.693. The molecule has 1 N–H and O–H groups in total. The van der Waals surface area contributed by atoms with E-state index >= 15 is 0 Å². The van der Waals surface area contributed by atoms with Crippen molar-refractivity contribution in [1.82, 2.24) is 0 Å². The standard InChI is InChI=1S/H2O3S.Zn/c1-4(2)3;/h(H2,1,2,3);/p-1. The van der Waals surface area contributed by atoms with Gasteiger partial charge in [0.15, 0.2) is 0 Å². The SMILES string of the molecule is O=S([O-])O.[Zn]. The molecular formula is HO3SZn-. The van der Waals surface area contributed by atoms with Crippen molar-refractivity contribution in [3.63, 3.8) is 0 Å². The van der Waals surface area contributed by atoms with E-state index in [1.54, 1.807) is 0 Å². The van der Waals surface area contributed by atoms with E-state index in [1.165, 1.54) is 0 Å². The molecule has 3 nitrogen and oxygen atoms in total. The molecule has 0 aliphatic carbocycles. The fraction of sp³-hybridized carbons (Fsp3) is 0. The van der Waals surface area contributed by atoms with Crippen LogP contribution < -0.4 is 0 Å². The Kier molecular flexibility index (Phi) is 8.63. The van der Waals surface area contributed by atoms with Gasteiger partial charge in [-0.15, -0.1) is 0 Å². The molecule has 0 radical (unpaired) electrons. The average Bonchev–Trinajstić information content (AvgIpc) is 0.811. The van der Waals surface area contributed by atoms with Crippen LogP contribution in [-0.2, 0) is 30.8 Å². The predicted molar refractivity (Wildman–Crippen MR) is 11.5 cm³/mol. The van der Waals surface area contributed by atoms with Crippen molar-refractivity contribution in [2.45, 2.75) is 0 Å². The fourth-order valence-corrected chi connectivity index (χ4v) is 0. The topological polar surface area (TPSA) is 60.4 Å². The summed E-state index contributed by atoms with van der Waals surface area (Å²) in [5.41, 5.74) is 0. The Morgan fingerprint density at radius 2 is 1.80 bits per heavy atom. The fourth-order valence-electron chi connectivity index (χ4n) is 0. The van der Waals surface area contributed by atoms with Gasteiger partial charge >= 0.3 is 0 Å². The Labute approximate surface area is 44.6 Å². The van der Waals surface area contributed by atoms with E-state index < -0.39 is 11.4 Å². The van der Waals surface area contributed by atoms with Gasteiger partial charge in [-0.05, 0) is 0 Å². The van der Waals surface area contributed by atoms with Crippen molar-refractivity contribution in [2.24, 2.45) is 0 Å². The van der Waals surface area contributed by atoms with Crippen LogP contribution in [0.2, 0.25) is 0 Å². The van der Waals surface area contributed by atoms with Crippen molar-refractivity contribution in [1.29, 1.82) is 0 Å². The second kappa shape index (κ2) is 4.69. The molecule has 0 aromatic rings. The summed E-state index contributed by atoms with van der Waals surface area (Å²) < 4.78 is 24.1. The third kappa shape index (κ3) is 70.8. The van der Waals surface area contributed by atoms with Gasteiger partial charge in [0.05, 0.1) is 11.4 Å². The van der Waals surface area contributed by atoms with Crippen molar-refractivity contribution in [3.8, 4) is 0 Å². The molecule has 5 heteroatoms. The van der Waals surface area contributed by atoms with Crippen LogP contribution in [-0.4, -0.2) is 13.3 Å². The molecule has 0 aliphatic heterocycles. The molecule has 0 aliphatic rings. The van der Waals surface area contributed by atoms with Gasteiger partial charge in [-0.2, -0.15) is 0 Å². The first kappa shape index (κ1) is 9.19. The molecule has 0 saturated heterocycles. The molecule has 0 aromatic carbocycles. The van der Waals surface area contributed by atoms with Crippen molar-refractivity contribution < 1.29 is 32.8 Å². The minimum atomic E-state index is -2.86. The molecule has 0 spiro atoms. The summed E-state index contributed by atoms with van der Waals surface area (Å²) in [6, 6.07) is 0. The first-order valence-electron chi connectivity index (χ1n) is 0.516. The van der Waals surface area contributed by atoms with E-state index in [-0.39, 0.29) is 19.5 Å². The van der Waals surface area contributed by atoms with E-state index in [0.29, 0.717) is 0 Å². The average molecular weight is 146 g/mol. The molecule has 0 rings (SSSR count). The summed E-state index contributed by atoms with van der Waals surface area (Å²) in [6.07, 6.45) is 0. The van der Waals surface area contributed by atoms with Gasteiger partial charge in [0.2, 0.25) is 0 Å². The minimum absolute atomic E-state index is 0. The van der Waals surface area contributed by atoms with Crippen LogP contribution in [0.1, 0.15) is 0 Å². The van der Waals surface area contributed by atoms with E-state index in [9.17, 15) is 0 Å². The molecule has 5 heavy (non-hydrogen) atoms. The molecule has 0 bridgehead atoms. The van der Waals surface area contributed by atoms with Crippen molar-refractivity contribution in [3.05, 3.63) is 0 Å². The molecule has 1 unspecified atom stereocenters. The number of hydrogen-bond donors (Lipinski definition) is 1. The van der Waals surface area contributed by atoms with Crippen LogP contribution in [0.15, 0.2) is 0 Å². The zero-order valence-electron chi connectivity index (χ0n) is 2.38. The van der Waals surface area contributed by atoms with E-state index in [4.69, 9.17) is 13.3 Å². The quantitative estimate of drug-likeness (QED) is 0.364. The molecular weight excluding hydrogens is 145 g/mol. The summed E-state index contributed by atoms with van der Waals surface area (Å²) >= 11 is -2.86. The molecule has 0 fully saturated rings. The van der Waals surface area contributed by atoms with E-state index in [0.717, 1.165) is 0 Å². The smallest absolute Gasteiger partial charge is 0.0814 e. The summed E-state index contributed by atoms with van der Waals surface area (Å²) in [6.45, 7) is 0. The second-order valence-corrected chi connectivity index (χ2v) is 0.651. The summed E-state index contributed by atoms with van der Waals surface area (Å²) in [5, 5.41) is 0. The van der Waals surface area contributed by atoms with Gasteiger partial charge in [-0.25, -0.2) is 4.21 Å². The molecule has 0 aromatic heterocycles. The van der Waals surface area contributed by atoms with E-state index in [2.05, 4.69) is 0 Å². The first-order chi connectivity index (χ1) is 1.73. The Balaban J connectivity index is 0. The maximum atomic E-state index is 8.56. The normalized spacial score (nSPS) is 12.4. The molecule has 1 atom stereocenters. The second-order valence-electron chi connectivity index (χ2n) is 0.217. The maximum Gasteiger partial charge on any atom is 0.0814 e. The van der Waals surface area contributed by atoms with Gasteiger partial charge in [0.1, 0.15) is 0 Å². The maximum absolute atomic E-state index is 8.56. The third-order valence-electron chi connectivity index (χ3n) is 0. The molecule has 0 amide bonds. The van der Waals surface area contributed by atoms with Gasteiger partial charge in [0.25, 0.3) is 0 Å². The Morgan fingerprint density at radius 3 is 1.80 bits per heavy atom. The number of hydrogen-bond acceptors (Lipinski definition) is 2. The zero-order valence-corrected chi connectivity index (χ0v) is 6.16. The first-order valence-corrected chi connectivity index (χ1v) is 1.55. The van der Waals surface area contributed by atoms with Crippen LogP contribution in [0, 0.1) is 0 Å². The summed E-state index contributed by atoms with van der Waals surface area (Å²) in [4.78, 5) is 0. The van der Waals surface area contributed by atoms with Gasteiger partial charge in [-0.1, -0.05) is 0 Å². The Bertz CT molecular complexity index is 29.9. The van der Waals surface area contributed by atoms with Gasteiger partial charge < -0.3 is 9.11 Å². The molecule has 0 heterocycles. The number of rotatable bonds is 0. The summed E-state index contributed by atoms with van der Waals surface area (Å²) in [7, 11) is 0. The predicted octanol–water partition coefficient (Wildman–Crippen LogP) is -0.664. The van der Waals surface area contributed by atoms with Crippen LogP contribution >= 0.6 is 0 Å². The molecule has 0 saturated carbocycles. The van der Waals surface area contributed by atoms with Crippen LogP contribution in [0.3, 0.4) is 0 Å². The molecule has 28 valence electrons. The van der Waals surface area contributed by atoms with Crippen LogP contribution in [0.4, 0.5) is 0 Å². The van der Waals surface area contributed by atoms with Gasteiger partial charge in [0, 0.05) is 19.5 Å². The van der Waals surface area contributed by atoms with Crippen molar-refractivity contribution >= 4 is 11.4 Å². The minimum Gasteiger partial charge on any atom is -0.750 e. The largest absolute Gasteiger partial charge is 0.750 e. The summed E-state index contributed by atoms with van der Waals surface area (Å²) in [5.74, 6) is 0. The van der Waals surface area contributed by atoms with Gasteiger partial charge in [-0.3, -0.25) is 0 Å². The zero-order chi connectivity index (χ0) is 3.58. The van der Waals surface area contributed by atoms with E-state index in [1.807, 2.05) is 0 Å². The monoisotopic (exact) mass is 145 g/mol. The third-order valence-corrected chi connectivity index (χ3v) is 0. The van der Waals surface area contributed by atoms with Crippen LogP contribution in [0.5, 0.6) is 0 Å².